The Bertz CT molecular complexity index is 6260. The van der Waals surface area contributed by atoms with Gasteiger partial charge in [-0.3, -0.25) is 61.0 Å². The molecule has 4 N–H and O–H groups in total. The first-order valence-corrected chi connectivity index (χ1v) is 46.6. The Kier molecular flexibility index (Phi) is 29.4. The monoisotopic (exact) mass is 1840 g/mol. The van der Waals surface area contributed by atoms with E-state index >= 15 is 13.7 Å². The average Bonchev–Trinajstić information content (AvgIpc) is 0.725. The maximum Gasteiger partial charge on any atom is 0.351 e. The highest BCUT2D eigenvalue weighted by atomic mass is 31.2. The van der Waals surface area contributed by atoms with Gasteiger partial charge in [0.2, 0.25) is 0 Å². The molecule has 8 heterocycles. The van der Waals surface area contributed by atoms with Gasteiger partial charge in [-0.05, 0) is 133 Å². The molecule has 11 atom stereocenters. The van der Waals surface area contributed by atoms with E-state index < -0.39 is 163 Å². The van der Waals surface area contributed by atoms with E-state index in [1.807, 2.05) is 91.0 Å². The van der Waals surface area contributed by atoms with Gasteiger partial charge in [0.1, 0.15) is 30.2 Å². The van der Waals surface area contributed by atoms with Crippen LogP contribution in [0.15, 0.2) is 279 Å². The van der Waals surface area contributed by atoms with Crippen LogP contribution in [0.2, 0.25) is 0 Å². The van der Waals surface area contributed by atoms with Crippen LogP contribution in [0.4, 0.5) is 17.5 Å². The number of aromatic amines is 1. The molecular weight excluding hydrogens is 1750 g/mol. The van der Waals surface area contributed by atoms with E-state index in [-0.39, 0.29) is 80.0 Å². The fourth-order valence-electron chi connectivity index (χ4n) is 16.1. The van der Waals surface area contributed by atoms with Gasteiger partial charge in [0.25, 0.3) is 23.3 Å². The minimum atomic E-state index is -4.57. The topological polar surface area (TPSA) is 412 Å². The minimum Gasteiger partial charge on any atom is -0.459 e. The molecule has 11 aromatic rings. The SMILES string of the molecule is Cc1cn([C@H]2CN([P@@](=O)(OC[C@@H]3CN(C(c4ccccc4)(c4ccccc4)c4ccccc4)C[C@H](n4ccc(NC(=O)c5ccccc5)nc4=O)O3)N(C)C)C[C@@H](CO[P@@](=O)(N(C)C)N3C[C@@H](CO[P@@](=O)(N(C)C)N4C[C@@H](COC(=O)c5ccccc5)O[C@@H](n5ccc(NC(=O)c6ccccc6)nc5=O)C4)O[C@@H](n4ccc(NC(=O)c5ccccc5)nc4=O)C3)O2)c(=O)[nH]c1=O. The van der Waals surface area contributed by atoms with Crippen LogP contribution in [0.3, 0.4) is 0 Å². The second-order valence-electron chi connectivity index (χ2n) is 32.0. The molecule has 131 heavy (non-hydrogen) atoms. The Hall–Kier alpha value is -12.1. The lowest BCUT2D eigenvalue weighted by Crippen LogP contribution is -2.58. The number of carbonyl (C=O) groups excluding carboxylic acids is 4. The van der Waals surface area contributed by atoms with Crippen LogP contribution in [0.5, 0.6) is 0 Å². The Morgan fingerprint density at radius 2 is 0.679 bits per heavy atom. The lowest BCUT2D eigenvalue weighted by atomic mass is 9.75. The van der Waals surface area contributed by atoms with E-state index in [4.69, 9.17) is 37.3 Å². The van der Waals surface area contributed by atoms with E-state index in [1.165, 1.54) is 111 Å². The number of amides is 3. The van der Waals surface area contributed by atoms with Crippen molar-refractivity contribution >= 4 is 64.2 Å². The van der Waals surface area contributed by atoms with Crippen molar-refractivity contribution in [2.45, 2.75) is 61.8 Å². The van der Waals surface area contributed by atoms with Crippen molar-refractivity contribution in [3.8, 4) is 0 Å². The zero-order chi connectivity index (χ0) is 92.3. The first kappa shape index (κ1) is 93.5. The third-order valence-corrected chi connectivity index (χ3v) is 30.2. The van der Waals surface area contributed by atoms with Gasteiger partial charge in [0, 0.05) is 79.8 Å². The number of hydrogen-bond acceptors (Lipinski definition) is 24. The summed E-state index contributed by atoms with van der Waals surface area (Å²) < 4.78 is 116. The van der Waals surface area contributed by atoms with Gasteiger partial charge in [0.15, 0.2) is 24.9 Å². The van der Waals surface area contributed by atoms with Crippen molar-refractivity contribution in [1.29, 1.82) is 0 Å². The predicted molar refractivity (Wildman–Crippen MR) is 484 cm³/mol. The molecule has 0 unspecified atom stereocenters. The zero-order valence-corrected chi connectivity index (χ0v) is 75.3. The largest absolute Gasteiger partial charge is 0.459 e. The number of ether oxygens (including phenoxy) is 5. The molecule has 4 fully saturated rings. The highest BCUT2D eigenvalue weighted by Crippen LogP contribution is 2.59. The van der Waals surface area contributed by atoms with Gasteiger partial charge in [-0.1, -0.05) is 164 Å². The van der Waals surface area contributed by atoms with Crippen molar-refractivity contribution < 1.29 is 70.1 Å². The second-order valence-corrected chi connectivity index (χ2v) is 39.8. The molecule has 3 amide bonds. The van der Waals surface area contributed by atoms with Crippen molar-refractivity contribution in [2.75, 3.05) is 137 Å². The number of nitrogens with one attached hydrogen (secondary N) is 4. The summed E-state index contributed by atoms with van der Waals surface area (Å²) >= 11 is 0. The number of esters is 1. The summed E-state index contributed by atoms with van der Waals surface area (Å²) in [6, 6.07) is 66.9. The van der Waals surface area contributed by atoms with Gasteiger partial charge < -0.3 is 53.2 Å². The normalized spacial score (nSPS) is 21.0. The van der Waals surface area contributed by atoms with Crippen LogP contribution in [0.25, 0.3) is 0 Å². The summed E-state index contributed by atoms with van der Waals surface area (Å²) in [4.78, 5) is 141. The van der Waals surface area contributed by atoms with E-state index in [9.17, 15) is 43.2 Å². The van der Waals surface area contributed by atoms with Crippen LogP contribution < -0.4 is 44.3 Å². The Morgan fingerprint density at radius 1 is 0.389 bits per heavy atom. The van der Waals surface area contributed by atoms with Gasteiger partial charge >= 0.3 is 51.7 Å². The smallest absolute Gasteiger partial charge is 0.351 e. The molecule has 0 saturated carbocycles. The molecule has 4 saturated heterocycles. The molecule has 0 bridgehead atoms. The van der Waals surface area contributed by atoms with E-state index in [1.54, 1.807) is 135 Å². The van der Waals surface area contributed by atoms with Crippen LogP contribution >= 0.6 is 23.0 Å². The Labute approximate surface area is 752 Å². The summed E-state index contributed by atoms with van der Waals surface area (Å²) in [7, 11) is -4.46. The van der Waals surface area contributed by atoms with Crippen molar-refractivity contribution in [3.05, 3.63) is 352 Å². The quantitative estimate of drug-likeness (QED) is 0.0173. The molecular formula is C90H99N18O20P3. The molecule has 4 aliphatic heterocycles. The van der Waals surface area contributed by atoms with Crippen molar-refractivity contribution in [2.24, 2.45) is 0 Å². The number of nitrogens with zero attached hydrogens (tertiary/aromatic N) is 14. The Morgan fingerprint density at radius 3 is 1.00 bits per heavy atom. The first-order valence-electron chi connectivity index (χ1n) is 42.0. The number of anilines is 3. The fraction of sp³-hybridized carbons (Fsp3) is 0.311. The number of aryl methyl sites for hydroxylation is 1. The van der Waals surface area contributed by atoms with Gasteiger partial charge in [-0.25, -0.2) is 52.0 Å². The number of hydrogen-bond donors (Lipinski definition) is 4. The van der Waals surface area contributed by atoms with Crippen LogP contribution in [0, 0.1) is 6.92 Å². The Balaban J connectivity index is 0.736. The van der Waals surface area contributed by atoms with Crippen molar-refractivity contribution in [3.63, 3.8) is 0 Å². The maximum absolute atomic E-state index is 16.7. The highest BCUT2D eigenvalue weighted by Gasteiger charge is 2.51. The molecule has 0 spiro atoms. The predicted octanol–water partition coefficient (Wildman–Crippen LogP) is 9.08. The third-order valence-electron chi connectivity index (χ3n) is 22.6. The molecule has 0 radical (unpaired) electrons. The molecule has 38 nitrogen and oxygen atoms in total. The highest BCUT2D eigenvalue weighted by molar-refractivity contribution is 7.54. The molecule has 4 aromatic heterocycles. The van der Waals surface area contributed by atoms with Crippen LogP contribution in [-0.4, -0.2) is 240 Å². The second kappa shape index (κ2) is 41.1. The summed E-state index contributed by atoms with van der Waals surface area (Å²) in [5.74, 6) is -2.51. The van der Waals surface area contributed by atoms with E-state index in [0.717, 1.165) is 30.4 Å². The fourth-order valence-corrected chi connectivity index (χ4v) is 22.1. The lowest BCUT2D eigenvalue weighted by molar-refractivity contribution is -0.150. The number of carbonyl (C=O) groups is 4. The van der Waals surface area contributed by atoms with Crippen LogP contribution in [-0.2, 0) is 56.5 Å². The summed E-state index contributed by atoms with van der Waals surface area (Å²) in [6.07, 6.45) is -4.53. The minimum absolute atomic E-state index is 0.0152. The molecule has 15 rings (SSSR count). The lowest BCUT2D eigenvalue weighted by Gasteiger charge is -2.51. The standard InChI is InChI=1S/C90H99N18O20P3/c1-62-49-108(89(117)97-81(62)109)80-57-104(131(120,100(6)7)122-59-70-50-101(54-77(125-70)105-46-43-74(94-86(105)114)91-82(110)63-29-15-8-16-30-63)90(67-37-23-12-24-38-67,68-39-25-13-26-40-68)69-41-27-14-28-42-69)53-73(128-80)61-124-130(119,99(4)5)103-52-72(127-79(56-103)107-48-45-76(96-88(107)116)93-84(112)65-33-19-10-20-34-65)60-123-129(118,98(2)3)102-51-71(58-121-85(113)66-35-21-11-22-36-66)126-78(55-102)106-47-44-75(95-87(106)115)92-83(111)64-31-17-9-18-32-64/h8-49,70-73,77-80H,50-61H2,1-7H3,(H,97,109,117)(H,91,94,110,114)(H,92,95,111,115)(H,93,96,112,116)/t70-,71-,72-,73-,77+,78+,79+,80+,129-,130-,131-/m0/s1. The van der Waals surface area contributed by atoms with Gasteiger partial charge in [-0.2, -0.15) is 15.0 Å². The molecule has 684 valence electrons. The third kappa shape index (κ3) is 21.1. The summed E-state index contributed by atoms with van der Waals surface area (Å²) in [5, 5.41) is 8.00. The number of rotatable bonds is 32. The zero-order valence-electron chi connectivity index (χ0n) is 72.6. The number of aromatic nitrogens is 8. The molecule has 7 aromatic carbocycles. The summed E-state index contributed by atoms with van der Waals surface area (Å²) in [5.41, 5.74) is -1.47. The van der Waals surface area contributed by atoms with E-state index in [2.05, 4.69) is 40.8 Å². The number of morpholine rings is 4. The molecule has 4 aliphatic rings. The van der Waals surface area contributed by atoms with Gasteiger partial charge in [-0.15, -0.1) is 0 Å². The van der Waals surface area contributed by atoms with Crippen molar-refractivity contribution in [1.82, 2.24) is 71.1 Å². The molecule has 0 aliphatic carbocycles. The maximum atomic E-state index is 16.7. The van der Waals surface area contributed by atoms with E-state index in [0.29, 0.717) is 11.1 Å². The van der Waals surface area contributed by atoms with Crippen LogP contribution in [0.1, 0.15) is 88.6 Å². The number of benzene rings is 7. The summed E-state index contributed by atoms with van der Waals surface area (Å²) in [6.45, 7) is -2.41. The number of H-pyrrole nitrogens is 1. The first-order chi connectivity index (χ1) is 63.1. The average molecular weight is 1850 g/mol. The molecule has 41 heteroatoms. The van der Waals surface area contributed by atoms with Gasteiger partial charge in [0.05, 0.1) is 68.9 Å².